The van der Waals surface area contributed by atoms with E-state index in [1.807, 2.05) is 24.3 Å². The van der Waals surface area contributed by atoms with Crippen molar-refractivity contribution in [2.75, 3.05) is 18.2 Å². The van der Waals surface area contributed by atoms with E-state index in [1.54, 1.807) is 26.4 Å². The molecule has 130 valence electrons. The fraction of sp³-hybridized carbons (Fsp3) is 0.235. The van der Waals surface area contributed by atoms with E-state index >= 15 is 0 Å². The lowest BCUT2D eigenvalue weighted by atomic mass is 10.2. The smallest absolute Gasteiger partial charge is 0.235 e. The number of nitrogens with one attached hydrogen (secondary N) is 1. The van der Waals surface area contributed by atoms with Crippen molar-refractivity contribution in [2.45, 2.75) is 12.7 Å². The van der Waals surface area contributed by atoms with E-state index in [2.05, 4.69) is 15.5 Å². The number of rotatable bonds is 7. The Labute approximate surface area is 148 Å². The van der Waals surface area contributed by atoms with Gasteiger partial charge < -0.3 is 19.0 Å². The van der Waals surface area contributed by atoms with Crippen LogP contribution in [-0.2, 0) is 10.5 Å². The number of ether oxygens (including phenoxy) is 1. The maximum absolute atomic E-state index is 11.8. The van der Waals surface area contributed by atoms with Gasteiger partial charge in [-0.25, -0.2) is 4.98 Å². The maximum Gasteiger partial charge on any atom is 0.235 e. The molecule has 3 aromatic rings. The number of amides is 1. The minimum Gasteiger partial charge on any atom is -0.497 e. The molecule has 0 unspecified atom stereocenters. The summed E-state index contributed by atoms with van der Waals surface area (Å²) < 4.78 is 15.5. The molecule has 0 aliphatic heterocycles. The van der Waals surface area contributed by atoms with Crippen molar-refractivity contribution < 1.29 is 18.5 Å². The zero-order chi connectivity index (χ0) is 17.6. The van der Waals surface area contributed by atoms with Gasteiger partial charge in [0.05, 0.1) is 18.6 Å². The highest BCUT2D eigenvalue weighted by molar-refractivity contribution is 7.99. The molecule has 0 radical (unpaired) electrons. The average molecular weight is 359 g/mol. The van der Waals surface area contributed by atoms with E-state index in [0.717, 1.165) is 17.0 Å². The average Bonchev–Trinajstić information content (AvgIpc) is 3.24. The molecule has 0 aliphatic rings. The number of thioether (sulfide) groups is 1. The van der Waals surface area contributed by atoms with E-state index in [4.69, 9.17) is 13.7 Å². The van der Waals surface area contributed by atoms with Crippen LogP contribution >= 0.6 is 11.8 Å². The molecular formula is C17H17N3O4S. The maximum atomic E-state index is 11.8. The first-order valence-electron chi connectivity index (χ1n) is 7.54. The molecule has 0 bridgehead atoms. The number of nitrogens with zero attached hydrogens (tertiary/aromatic N) is 2. The van der Waals surface area contributed by atoms with Gasteiger partial charge in [0.15, 0.2) is 5.82 Å². The van der Waals surface area contributed by atoms with Crippen molar-refractivity contribution in [3.05, 3.63) is 48.0 Å². The van der Waals surface area contributed by atoms with Gasteiger partial charge in [0.1, 0.15) is 17.8 Å². The van der Waals surface area contributed by atoms with Crippen LogP contribution in [0.15, 0.2) is 45.5 Å². The molecule has 0 saturated heterocycles. The zero-order valence-corrected chi connectivity index (χ0v) is 14.6. The molecule has 1 amide bonds. The lowest BCUT2D eigenvalue weighted by Gasteiger charge is -2.00. The van der Waals surface area contributed by atoms with Crippen LogP contribution in [0.4, 0.5) is 5.82 Å². The van der Waals surface area contributed by atoms with Crippen LogP contribution in [0.1, 0.15) is 11.5 Å². The standard InChI is InChI=1S/C17H17N3O4S/c1-11-7-15(20-24-11)19-16(21)10-25-9-13-8-23-17(18-13)12-3-5-14(22-2)6-4-12/h3-8H,9-10H2,1-2H3,(H,19,20,21). The highest BCUT2D eigenvalue weighted by atomic mass is 32.2. The molecule has 1 N–H and O–H groups in total. The van der Waals surface area contributed by atoms with Crippen LogP contribution in [0.5, 0.6) is 5.75 Å². The number of hydrogen-bond acceptors (Lipinski definition) is 7. The molecule has 0 fully saturated rings. The Morgan fingerprint density at radius 1 is 1.32 bits per heavy atom. The molecule has 0 aliphatic carbocycles. The van der Waals surface area contributed by atoms with Crippen molar-refractivity contribution >= 4 is 23.5 Å². The lowest BCUT2D eigenvalue weighted by Crippen LogP contribution is -2.14. The van der Waals surface area contributed by atoms with Crippen LogP contribution in [0.3, 0.4) is 0 Å². The summed E-state index contributed by atoms with van der Waals surface area (Å²) in [5.41, 5.74) is 1.65. The summed E-state index contributed by atoms with van der Waals surface area (Å²) in [5.74, 6) is 3.11. The Balaban J connectivity index is 1.48. The summed E-state index contributed by atoms with van der Waals surface area (Å²) in [6, 6.07) is 9.14. The first kappa shape index (κ1) is 17.1. The van der Waals surface area contributed by atoms with Crippen molar-refractivity contribution in [3.63, 3.8) is 0 Å². The summed E-state index contributed by atoms with van der Waals surface area (Å²) in [7, 11) is 1.62. The number of aromatic nitrogens is 2. The van der Waals surface area contributed by atoms with Crippen LogP contribution in [0.25, 0.3) is 11.5 Å². The zero-order valence-electron chi connectivity index (χ0n) is 13.8. The van der Waals surface area contributed by atoms with Gasteiger partial charge in [0.25, 0.3) is 0 Å². The quantitative estimate of drug-likeness (QED) is 0.690. The van der Waals surface area contributed by atoms with Gasteiger partial charge >= 0.3 is 0 Å². The first-order valence-corrected chi connectivity index (χ1v) is 8.69. The third-order valence-electron chi connectivity index (χ3n) is 3.27. The topological polar surface area (TPSA) is 90.4 Å². The Morgan fingerprint density at radius 2 is 2.12 bits per heavy atom. The van der Waals surface area contributed by atoms with E-state index in [0.29, 0.717) is 23.2 Å². The van der Waals surface area contributed by atoms with Crippen LogP contribution < -0.4 is 10.1 Å². The lowest BCUT2D eigenvalue weighted by molar-refractivity contribution is -0.113. The highest BCUT2D eigenvalue weighted by Gasteiger charge is 2.09. The Bertz CT molecular complexity index is 842. The summed E-state index contributed by atoms with van der Waals surface area (Å²) in [4.78, 5) is 16.3. The third kappa shape index (κ3) is 4.63. The van der Waals surface area contributed by atoms with Crippen molar-refractivity contribution in [2.24, 2.45) is 0 Å². The molecule has 0 spiro atoms. The first-order chi connectivity index (χ1) is 12.1. The fourth-order valence-corrected chi connectivity index (χ4v) is 2.79. The van der Waals surface area contributed by atoms with E-state index in [9.17, 15) is 4.79 Å². The van der Waals surface area contributed by atoms with E-state index < -0.39 is 0 Å². The van der Waals surface area contributed by atoms with Gasteiger partial charge in [-0.05, 0) is 31.2 Å². The summed E-state index contributed by atoms with van der Waals surface area (Å²) >= 11 is 1.44. The number of methoxy groups -OCH3 is 1. The van der Waals surface area contributed by atoms with Gasteiger partial charge in [-0.2, -0.15) is 0 Å². The van der Waals surface area contributed by atoms with Crippen molar-refractivity contribution in [1.82, 2.24) is 10.1 Å². The predicted octanol–water partition coefficient (Wildman–Crippen LogP) is 3.52. The molecule has 0 saturated carbocycles. The second-order valence-corrected chi connectivity index (χ2v) is 6.22. The Morgan fingerprint density at radius 3 is 2.80 bits per heavy atom. The molecule has 8 heteroatoms. The molecule has 2 heterocycles. The number of hydrogen-bond donors (Lipinski definition) is 1. The largest absolute Gasteiger partial charge is 0.497 e. The van der Waals surface area contributed by atoms with Gasteiger partial charge in [-0.1, -0.05) is 5.16 Å². The molecule has 3 rings (SSSR count). The van der Waals surface area contributed by atoms with Gasteiger partial charge in [-0.15, -0.1) is 11.8 Å². The minimum atomic E-state index is -0.142. The minimum absolute atomic E-state index is 0.142. The summed E-state index contributed by atoms with van der Waals surface area (Å²) in [5, 5.41) is 6.39. The number of oxazole rings is 1. The normalized spacial score (nSPS) is 10.6. The van der Waals surface area contributed by atoms with Crippen LogP contribution in [0.2, 0.25) is 0 Å². The third-order valence-corrected chi connectivity index (χ3v) is 4.23. The second-order valence-electron chi connectivity index (χ2n) is 5.24. The Kier molecular flexibility index (Phi) is 5.39. The molecule has 0 atom stereocenters. The SMILES string of the molecule is COc1ccc(-c2nc(CSCC(=O)Nc3cc(C)on3)co2)cc1. The van der Waals surface area contributed by atoms with Crippen molar-refractivity contribution in [3.8, 4) is 17.2 Å². The van der Waals surface area contributed by atoms with E-state index in [-0.39, 0.29) is 11.7 Å². The fourth-order valence-electron chi connectivity index (χ4n) is 2.09. The van der Waals surface area contributed by atoms with E-state index in [1.165, 1.54) is 11.8 Å². The number of benzene rings is 1. The predicted molar refractivity (Wildman–Crippen MR) is 94.5 cm³/mol. The van der Waals surface area contributed by atoms with Gasteiger partial charge in [0, 0.05) is 17.4 Å². The number of anilines is 1. The molecule has 1 aromatic carbocycles. The van der Waals surface area contributed by atoms with Crippen molar-refractivity contribution in [1.29, 1.82) is 0 Å². The number of carbonyl (C=O) groups is 1. The molecule has 7 nitrogen and oxygen atoms in total. The number of carbonyl (C=O) groups excluding carboxylic acids is 1. The second kappa shape index (κ2) is 7.89. The van der Waals surface area contributed by atoms with Gasteiger partial charge in [-0.3, -0.25) is 4.79 Å². The van der Waals surface area contributed by atoms with Crippen LogP contribution in [0, 0.1) is 6.92 Å². The Hall–Kier alpha value is -2.74. The van der Waals surface area contributed by atoms with Gasteiger partial charge in [0.2, 0.25) is 11.8 Å². The van der Waals surface area contributed by atoms with Crippen LogP contribution in [-0.4, -0.2) is 28.9 Å². The summed E-state index contributed by atoms with van der Waals surface area (Å²) in [6.07, 6.45) is 1.60. The molecule has 25 heavy (non-hydrogen) atoms. The molecule has 2 aromatic heterocycles. The molecular weight excluding hydrogens is 342 g/mol. The monoisotopic (exact) mass is 359 g/mol. The highest BCUT2D eigenvalue weighted by Crippen LogP contribution is 2.23. The summed E-state index contributed by atoms with van der Waals surface area (Å²) in [6.45, 7) is 1.77. The number of aryl methyl sites for hydroxylation is 1.